The van der Waals surface area contributed by atoms with Crippen LogP contribution in [-0.4, -0.2) is 39.6 Å². The molecule has 1 amide bonds. The molecule has 1 atom stereocenters. The zero-order valence-corrected chi connectivity index (χ0v) is 10.5. The minimum atomic E-state index is -1.25. The molecule has 108 valence electrons. The van der Waals surface area contributed by atoms with E-state index in [4.69, 9.17) is 10.2 Å². The van der Waals surface area contributed by atoms with Gasteiger partial charge in [-0.2, -0.15) is 0 Å². The number of carboxylic acid groups (broad SMARTS) is 1. The van der Waals surface area contributed by atoms with Crippen LogP contribution in [0.4, 0.5) is 8.78 Å². The summed E-state index contributed by atoms with van der Waals surface area (Å²) in [5.41, 5.74) is -0.314. The maximum Gasteiger partial charge on any atom is 0.326 e. The smallest absolute Gasteiger partial charge is 0.326 e. The Labute approximate surface area is 113 Å². The van der Waals surface area contributed by atoms with Gasteiger partial charge in [0.1, 0.15) is 6.04 Å². The first-order valence-electron chi connectivity index (χ1n) is 6.13. The number of aromatic hydroxyl groups is 1. The second kappa shape index (κ2) is 5.44. The number of rotatable bonds is 2. The Hall–Kier alpha value is -2.18. The standard InChI is InChI=1S/C13H13F2NO4/c14-8-5-7(6-9(15)11(8)17)12(18)16-4-2-1-3-10(16)13(19)20/h5-6,10,17H,1-4H2,(H,19,20). The minimum absolute atomic E-state index is 0.222. The van der Waals surface area contributed by atoms with Crippen molar-refractivity contribution >= 4 is 11.9 Å². The fourth-order valence-electron chi connectivity index (χ4n) is 2.29. The number of aliphatic carboxylic acids is 1. The molecule has 2 rings (SSSR count). The molecular formula is C13H13F2NO4. The first-order valence-corrected chi connectivity index (χ1v) is 6.13. The van der Waals surface area contributed by atoms with Crippen LogP contribution >= 0.6 is 0 Å². The highest BCUT2D eigenvalue weighted by Crippen LogP contribution is 2.25. The summed E-state index contributed by atoms with van der Waals surface area (Å²) in [6.07, 6.45) is 1.63. The van der Waals surface area contributed by atoms with E-state index < -0.39 is 35.3 Å². The molecule has 1 aliphatic rings. The molecule has 0 aromatic heterocycles. The summed E-state index contributed by atoms with van der Waals surface area (Å²) in [5.74, 6) is -5.56. The largest absolute Gasteiger partial charge is 0.503 e. The SMILES string of the molecule is O=C(O)C1CCCCN1C(=O)c1cc(F)c(O)c(F)c1. The Morgan fingerprint density at radius 1 is 1.20 bits per heavy atom. The summed E-state index contributed by atoms with van der Waals surface area (Å²) in [6, 6.07) is 0.416. The molecule has 1 aromatic rings. The molecule has 0 spiro atoms. The average molecular weight is 285 g/mol. The van der Waals surface area contributed by atoms with E-state index in [1.54, 1.807) is 0 Å². The van der Waals surface area contributed by atoms with Crippen molar-refractivity contribution in [3.8, 4) is 5.75 Å². The van der Waals surface area contributed by atoms with Gasteiger partial charge in [-0.1, -0.05) is 0 Å². The first kappa shape index (κ1) is 14.2. The van der Waals surface area contributed by atoms with E-state index in [1.807, 2.05) is 0 Å². The molecule has 2 N–H and O–H groups in total. The highest BCUT2D eigenvalue weighted by molar-refractivity contribution is 5.96. The van der Waals surface area contributed by atoms with Gasteiger partial charge in [-0.3, -0.25) is 4.79 Å². The number of phenols is 1. The van der Waals surface area contributed by atoms with E-state index in [1.165, 1.54) is 0 Å². The lowest BCUT2D eigenvalue weighted by atomic mass is 10.0. The number of piperidine rings is 1. The molecule has 0 saturated carbocycles. The third-order valence-corrected chi connectivity index (χ3v) is 3.31. The Morgan fingerprint density at radius 2 is 1.80 bits per heavy atom. The zero-order valence-electron chi connectivity index (χ0n) is 10.5. The molecule has 1 heterocycles. The number of halogens is 2. The number of nitrogens with zero attached hydrogens (tertiary/aromatic N) is 1. The minimum Gasteiger partial charge on any atom is -0.503 e. The van der Waals surface area contributed by atoms with Crippen LogP contribution in [0.2, 0.25) is 0 Å². The Morgan fingerprint density at radius 3 is 2.35 bits per heavy atom. The Balaban J connectivity index is 2.32. The number of phenolic OH excluding ortho intramolecular Hbond substituents is 1. The van der Waals surface area contributed by atoms with Gasteiger partial charge in [0.25, 0.3) is 5.91 Å². The van der Waals surface area contributed by atoms with Gasteiger partial charge >= 0.3 is 5.97 Å². The second-order valence-corrected chi connectivity index (χ2v) is 4.64. The van der Waals surface area contributed by atoms with Crippen LogP contribution in [-0.2, 0) is 4.79 Å². The number of hydrogen-bond acceptors (Lipinski definition) is 3. The predicted octanol–water partition coefficient (Wildman–Crippen LogP) is 1.75. The maximum atomic E-state index is 13.2. The van der Waals surface area contributed by atoms with E-state index in [-0.39, 0.29) is 12.1 Å². The van der Waals surface area contributed by atoms with Gasteiger partial charge in [-0.25, -0.2) is 13.6 Å². The van der Waals surface area contributed by atoms with Crippen LogP contribution in [0, 0.1) is 11.6 Å². The van der Waals surface area contributed by atoms with E-state index >= 15 is 0 Å². The topological polar surface area (TPSA) is 77.8 Å². The lowest BCUT2D eigenvalue weighted by Crippen LogP contribution is -2.48. The average Bonchev–Trinajstić information content (AvgIpc) is 2.43. The summed E-state index contributed by atoms with van der Waals surface area (Å²) in [4.78, 5) is 24.4. The van der Waals surface area contributed by atoms with Gasteiger partial charge in [0.15, 0.2) is 17.4 Å². The Kier molecular flexibility index (Phi) is 3.87. The number of carbonyl (C=O) groups excluding carboxylic acids is 1. The van der Waals surface area contributed by atoms with Gasteiger partial charge < -0.3 is 15.1 Å². The second-order valence-electron chi connectivity index (χ2n) is 4.64. The van der Waals surface area contributed by atoms with Gasteiger partial charge in [-0.15, -0.1) is 0 Å². The van der Waals surface area contributed by atoms with Gasteiger partial charge in [0.2, 0.25) is 0 Å². The van der Waals surface area contributed by atoms with E-state index in [2.05, 4.69) is 0 Å². The molecule has 0 bridgehead atoms. The van der Waals surface area contributed by atoms with Crippen LogP contribution in [0.25, 0.3) is 0 Å². The summed E-state index contributed by atoms with van der Waals surface area (Å²) in [5, 5.41) is 18.1. The van der Waals surface area contributed by atoms with Gasteiger partial charge in [0, 0.05) is 12.1 Å². The van der Waals surface area contributed by atoms with Crippen LogP contribution in [0.5, 0.6) is 5.75 Å². The van der Waals surface area contributed by atoms with Crippen molar-refractivity contribution in [2.75, 3.05) is 6.54 Å². The highest BCUT2D eigenvalue weighted by Gasteiger charge is 2.33. The third-order valence-electron chi connectivity index (χ3n) is 3.31. The van der Waals surface area contributed by atoms with Crippen molar-refractivity contribution in [2.24, 2.45) is 0 Å². The summed E-state index contributed by atoms with van der Waals surface area (Å²) < 4.78 is 26.5. The van der Waals surface area contributed by atoms with Crippen molar-refractivity contribution in [1.29, 1.82) is 0 Å². The van der Waals surface area contributed by atoms with Crippen molar-refractivity contribution in [1.82, 2.24) is 4.90 Å². The monoisotopic (exact) mass is 285 g/mol. The summed E-state index contributed by atoms with van der Waals surface area (Å²) >= 11 is 0. The lowest BCUT2D eigenvalue weighted by molar-refractivity contribution is -0.143. The molecule has 1 aromatic carbocycles. The fraction of sp³-hybridized carbons (Fsp3) is 0.385. The van der Waals surface area contributed by atoms with E-state index in [9.17, 15) is 18.4 Å². The van der Waals surface area contributed by atoms with Gasteiger partial charge in [-0.05, 0) is 31.4 Å². The summed E-state index contributed by atoms with van der Waals surface area (Å²) in [7, 11) is 0. The molecule has 7 heteroatoms. The molecule has 0 radical (unpaired) electrons. The highest BCUT2D eigenvalue weighted by atomic mass is 19.1. The quantitative estimate of drug-likeness (QED) is 0.867. The fourth-order valence-corrected chi connectivity index (χ4v) is 2.29. The summed E-state index contributed by atoms with van der Waals surface area (Å²) in [6.45, 7) is 0.222. The Bertz CT molecular complexity index is 538. The molecule has 1 fully saturated rings. The van der Waals surface area contributed by atoms with Crippen molar-refractivity contribution in [3.05, 3.63) is 29.3 Å². The van der Waals surface area contributed by atoms with Crippen LogP contribution < -0.4 is 0 Å². The molecule has 1 unspecified atom stereocenters. The number of hydrogen-bond donors (Lipinski definition) is 2. The zero-order chi connectivity index (χ0) is 14.9. The normalized spacial score (nSPS) is 18.9. The van der Waals surface area contributed by atoms with E-state index in [0.717, 1.165) is 4.90 Å². The van der Waals surface area contributed by atoms with E-state index in [0.29, 0.717) is 31.4 Å². The number of benzene rings is 1. The van der Waals surface area contributed by atoms with Crippen molar-refractivity contribution < 1.29 is 28.6 Å². The number of amides is 1. The lowest BCUT2D eigenvalue weighted by Gasteiger charge is -2.33. The predicted molar refractivity (Wildman–Crippen MR) is 64.3 cm³/mol. The van der Waals surface area contributed by atoms with Gasteiger partial charge in [0.05, 0.1) is 0 Å². The number of carbonyl (C=O) groups is 2. The number of carboxylic acids is 1. The molecule has 1 aliphatic heterocycles. The molecular weight excluding hydrogens is 272 g/mol. The van der Waals surface area contributed by atoms with Crippen LogP contribution in [0.1, 0.15) is 29.6 Å². The molecule has 0 aliphatic carbocycles. The first-order chi connectivity index (χ1) is 9.41. The molecule has 20 heavy (non-hydrogen) atoms. The molecule has 5 nitrogen and oxygen atoms in total. The van der Waals surface area contributed by atoms with Crippen molar-refractivity contribution in [2.45, 2.75) is 25.3 Å². The van der Waals surface area contributed by atoms with Crippen LogP contribution in [0.3, 0.4) is 0 Å². The third kappa shape index (κ3) is 2.56. The van der Waals surface area contributed by atoms with Crippen LogP contribution in [0.15, 0.2) is 12.1 Å². The number of likely N-dealkylation sites (tertiary alicyclic amines) is 1. The maximum absolute atomic E-state index is 13.2. The molecule has 1 saturated heterocycles. The van der Waals surface area contributed by atoms with Crippen molar-refractivity contribution in [3.63, 3.8) is 0 Å².